The SMILES string of the molecule is CNC(=O)C(C)(C)CNc1nc(C(F)(F)F)ns1. The first-order chi connectivity index (χ1) is 8.16. The van der Waals surface area contributed by atoms with E-state index >= 15 is 0 Å². The number of alkyl halides is 3. The highest BCUT2D eigenvalue weighted by atomic mass is 32.1. The second kappa shape index (κ2) is 5.09. The number of nitrogens with zero attached hydrogens (tertiary/aromatic N) is 2. The summed E-state index contributed by atoms with van der Waals surface area (Å²) in [6, 6.07) is 0. The van der Waals surface area contributed by atoms with Crippen LogP contribution < -0.4 is 10.6 Å². The zero-order valence-corrected chi connectivity index (χ0v) is 10.9. The first-order valence-corrected chi connectivity index (χ1v) is 5.81. The van der Waals surface area contributed by atoms with E-state index in [4.69, 9.17) is 0 Å². The van der Waals surface area contributed by atoms with E-state index in [9.17, 15) is 18.0 Å². The lowest BCUT2D eigenvalue weighted by Gasteiger charge is -2.22. The summed E-state index contributed by atoms with van der Waals surface area (Å²) in [6.45, 7) is 3.51. The maximum absolute atomic E-state index is 12.2. The largest absolute Gasteiger partial charge is 0.452 e. The van der Waals surface area contributed by atoms with E-state index in [1.165, 1.54) is 7.05 Å². The number of hydrogen-bond donors (Lipinski definition) is 2. The molecule has 1 aromatic heterocycles. The average molecular weight is 282 g/mol. The van der Waals surface area contributed by atoms with E-state index in [-0.39, 0.29) is 17.6 Å². The van der Waals surface area contributed by atoms with E-state index in [1.54, 1.807) is 13.8 Å². The minimum absolute atomic E-state index is 0.0410. The molecule has 0 bridgehead atoms. The summed E-state index contributed by atoms with van der Waals surface area (Å²) in [5.74, 6) is -1.39. The summed E-state index contributed by atoms with van der Waals surface area (Å²) in [4.78, 5) is 14.8. The molecule has 0 aliphatic rings. The highest BCUT2D eigenvalue weighted by Crippen LogP contribution is 2.29. The normalized spacial score (nSPS) is 12.3. The number of amides is 1. The molecule has 1 aromatic rings. The maximum Gasteiger partial charge on any atom is 0.452 e. The van der Waals surface area contributed by atoms with Crippen molar-refractivity contribution in [3.63, 3.8) is 0 Å². The number of halogens is 3. The summed E-state index contributed by atoms with van der Waals surface area (Å²) in [7, 11) is 1.50. The lowest BCUT2D eigenvalue weighted by atomic mass is 9.92. The summed E-state index contributed by atoms with van der Waals surface area (Å²) < 4.78 is 39.9. The van der Waals surface area contributed by atoms with Gasteiger partial charge in [0.2, 0.25) is 16.9 Å². The monoisotopic (exact) mass is 282 g/mol. The number of hydrogen-bond acceptors (Lipinski definition) is 5. The van der Waals surface area contributed by atoms with E-state index < -0.39 is 17.4 Å². The standard InChI is InChI=1S/C9H13F3N4OS/c1-8(2,6(17)13-3)4-14-7-15-5(16-18-7)9(10,11)12/h4H2,1-3H3,(H,13,17)(H,14,15,16). The van der Waals surface area contributed by atoms with Crippen molar-refractivity contribution < 1.29 is 18.0 Å². The van der Waals surface area contributed by atoms with Crippen LogP contribution in [0.4, 0.5) is 18.3 Å². The Bertz CT molecular complexity index is 430. The molecule has 0 aliphatic carbocycles. The molecule has 0 spiro atoms. The molecular weight excluding hydrogens is 269 g/mol. The molecule has 0 aromatic carbocycles. The van der Waals surface area contributed by atoms with Gasteiger partial charge in [-0.25, -0.2) is 0 Å². The van der Waals surface area contributed by atoms with Crippen LogP contribution in [0, 0.1) is 5.41 Å². The molecule has 0 radical (unpaired) electrons. The molecule has 1 heterocycles. The van der Waals surface area contributed by atoms with Crippen molar-refractivity contribution in [1.29, 1.82) is 0 Å². The highest BCUT2D eigenvalue weighted by Gasteiger charge is 2.36. The predicted octanol–water partition coefficient (Wildman–Crippen LogP) is 1.74. The number of rotatable bonds is 4. The highest BCUT2D eigenvalue weighted by molar-refractivity contribution is 7.09. The van der Waals surface area contributed by atoms with Crippen LogP contribution in [0.2, 0.25) is 0 Å². The average Bonchev–Trinajstić information content (AvgIpc) is 2.73. The smallest absolute Gasteiger partial charge is 0.359 e. The van der Waals surface area contributed by atoms with Gasteiger partial charge in [0.1, 0.15) is 0 Å². The summed E-state index contributed by atoms with van der Waals surface area (Å²) in [5.41, 5.74) is -0.751. The molecule has 0 saturated carbocycles. The van der Waals surface area contributed by atoms with Gasteiger partial charge in [0, 0.05) is 25.1 Å². The van der Waals surface area contributed by atoms with Gasteiger partial charge in [-0.1, -0.05) is 0 Å². The van der Waals surface area contributed by atoms with E-state index in [0.29, 0.717) is 11.5 Å². The molecule has 0 aliphatic heterocycles. The molecular formula is C9H13F3N4OS. The Kier molecular flexibility index (Phi) is 4.15. The Morgan fingerprint density at radius 3 is 2.44 bits per heavy atom. The second-order valence-corrected chi connectivity index (χ2v) is 4.99. The maximum atomic E-state index is 12.2. The fraction of sp³-hybridized carbons (Fsp3) is 0.667. The Balaban J connectivity index is 2.65. The molecule has 0 atom stereocenters. The van der Waals surface area contributed by atoms with E-state index in [2.05, 4.69) is 20.0 Å². The second-order valence-electron chi connectivity index (χ2n) is 4.24. The summed E-state index contributed by atoms with van der Waals surface area (Å²) >= 11 is 0.612. The van der Waals surface area contributed by atoms with Gasteiger partial charge in [-0.15, -0.1) is 0 Å². The molecule has 1 amide bonds. The van der Waals surface area contributed by atoms with Crippen molar-refractivity contribution in [2.75, 3.05) is 18.9 Å². The third-order valence-corrected chi connectivity index (χ3v) is 2.88. The van der Waals surface area contributed by atoms with Crippen LogP contribution in [-0.2, 0) is 11.0 Å². The fourth-order valence-corrected chi connectivity index (χ4v) is 1.71. The lowest BCUT2D eigenvalue weighted by molar-refractivity contribution is -0.144. The van der Waals surface area contributed by atoms with E-state index in [1.807, 2.05) is 0 Å². The van der Waals surface area contributed by atoms with Crippen molar-refractivity contribution in [3.8, 4) is 0 Å². The van der Waals surface area contributed by atoms with Crippen LogP contribution in [0.15, 0.2) is 0 Å². The Morgan fingerprint density at radius 1 is 1.39 bits per heavy atom. The minimum atomic E-state index is -4.55. The van der Waals surface area contributed by atoms with E-state index in [0.717, 1.165) is 0 Å². The van der Waals surface area contributed by atoms with Gasteiger partial charge in [-0.05, 0) is 13.8 Å². The number of nitrogens with one attached hydrogen (secondary N) is 2. The molecule has 1 rings (SSSR count). The van der Waals surface area contributed by atoms with Crippen LogP contribution in [0.5, 0.6) is 0 Å². The molecule has 2 N–H and O–H groups in total. The molecule has 102 valence electrons. The van der Waals surface area contributed by atoms with Crippen LogP contribution in [0.25, 0.3) is 0 Å². The van der Waals surface area contributed by atoms with Crippen molar-refractivity contribution in [2.24, 2.45) is 5.41 Å². The van der Waals surface area contributed by atoms with Gasteiger partial charge in [-0.2, -0.15) is 22.5 Å². The molecule has 5 nitrogen and oxygen atoms in total. The molecule has 0 unspecified atom stereocenters. The molecule has 9 heteroatoms. The van der Waals surface area contributed by atoms with Gasteiger partial charge >= 0.3 is 6.18 Å². The van der Waals surface area contributed by atoms with Gasteiger partial charge in [0.25, 0.3) is 0 Å². The Hall–Kier alpha value is -1.38. The number of aromatic nitrogens is 2. The van der Waals surface area contributed by atoms with Crippen molar-refractivity contribution >= 4 is 22.6 Å². The fourth-order valence-electron chi connectivity index (χ4n) is 1.13. The quantitative estimate of drug-likeness (QED) is 0.882. The molecule has 18 heavy (non-hydrogen) atoms. The van der Waals surface area contributed by atoms with Gasteiger partial charge in [0.15, 0.2) is 0 Å². The molecule has 0 fully saturated rings. The van der Waals surface area contributed by atoms with Crippen LogP contribution in [-0.4, -0.2) is 28.9 Å². The van der Waals surface area contributed by atoms with Crippen LogP contribution in [0.1, 0.15) is 19.7 Å². The zero-order valence-electron chi connectivity index (χ0n) is 10.1. The number of anilines is 1. The third kappa shape index (κ3) is 3.56. The lowest BCUT2D eigenvalue weighted by Crippen LogP contribution is -2.39. The molecule has 0 saturated heterocycles. The first-order valence-electron chi connectivity index (χ1n) is 5.04. The topological polar surface area (TPSA) is 66.9 Å². The van der Waals surface area contributed by atoms with Crippen LogP contribution in [0.3, 0.4) is 0 Å². The Labute approximate surface area is 106 Å². The Morgan fingerprint density at radius 2 is 2.00 bits per heavy atom. The summed E-state index contributed by atoms with van der Waals surface area (Å²) in [5, 5.41) is 5.20. The minimum Gasteiger partial charge on any atom is -0.359 e. The predicted molar refractivity (Wildman–Crippen MR) is 61.2 cm³/mol. The third-order valence-electron chi connectivity index (χ3n) is 2.20. The van der Waals surface area contributed by atoms with Crippen LogP contribution >= 0.6 is 11.5 Å². The number of carbonyl (C=O) groups is 1. The van der Waals surface area contributed by atoms with Gasteiger partial charge < -0.3 is 10.6 Å². The summed E-state index contributed by atoms with van der Waals surface area (Å²) in [6.07, 6.45) is -4.55. The zero-order chi connectivity index (χ0) is 14.0. The number of carbonyl (C=O) groups excluding carboxylic acids is 1. The van der Waals surface area contributed by atoms with Gasteiger partial charge in [0.05, 0.1) is 5.41 Å². The van der Waals surface area contributed by atoms with Crippen molar-refractivity contribution in [2.45, 2.75) is 20.0 Å². The van der Waals surface area contributed by atoms with Gasteiger partial charge in [-0.3, -0.25) is 4.79 Å². The first kappa shape index (κ1) is 14.7. The van der Waals surface area contributed by atoms with Crippen molar-refractivity contribution in [3.05, 3.63) is 5.82 Å². The van der Waals surface area contributed by atoms with Crippen molar-refractivity contribution in [1.82, 2.24) is 14.7 Å².